The fraction of sp³-hybridized carbons (Fsp3) is 0.241. The van der Waals surface area contributed by atoms with E-state index in [1.165, 1.54) is 27.8 Å². The number of hydrogen-bond acceptors (Lipinski definition) is 2. The summed E-state index contributed by atoms with van der Waals surface area (Å²) in [5.41, 5.74) is 13.0. The standard InChI is InChI=1S/C29H26O2/c30-25-14-11-23(12-15-25)29-27(22-9-5-2-6-10-22)17-13-24-19-26(16-18-28(24)29)31-20-21-7-3-1-4-8-21/h1-5,7-9,11,14,16,18-19,27,29-30H,12-13,15,17,20H2. The Morgan fingerprint density at radius 1 is 1.00 bits per heavy atom. The van der Waals surface area contributed by atoms with Crippen LogP contribution in [0.1, 0.15) is 41.9 Å². The van der Waals surface area contributed by atoms with Gasteiger partial charge in [0.15, 0.2) is 0 Å². The van der Waals surface area contributed by atoms with Crippen LogP contribution in [-0.4, -0.2) is 5.11 Å². The number of rotatable bonds is 5. The number of hydrogen-bond donors (Lipinski definition) is 1. The van der Waals surface area contributed by atoms with Gasteiger partial charge in [-0.2, -0.15) is 0 Å². The van der Waals surface area contributed by atoms with Gasteiger partial charge in [-0.05, 0) is 66.3 Å². The van der Waals surface area contributed by atoms with Crippen LogP contribution in [0.3, 0.4) is 0 Å². The van der Waals surface area contributed by atoms with Crippen LogP contribution in [0.4, 0.5) is 0 Å². The summed E-state index contributed by atoms with van der Waals surface area (Å²) in [6.45, 7) is 0.579. The molecule has 0 aromatic heterocycles. The van der Waals surface area contributed by atoms with Crippen molar-refractivity contribution in [3.05, 3.63) is 124 Å². The quantitative estimate of drug-likeness (QED) is 0.548. The maximum Gasteiger partial charge on any atom is 0.120 e. The lowest BCUT2D eigenvalue weighted by molar-refractivity contribution is 0.305. The fourth-order valence-electron chi connectivity index (χ4n) is 4.90. The molecule has 0 radical (unpaired) electrons. The van der Waals surface area contributed by atoms with Crippen molar-refractivity contribution in [2.24, 2.45) is 5.92 Å². The van der Waals surface area contributed by atoms with Crippen molar-refractivity contribution in [3.63, 3.8) is 0 Å². The van der Waals surface area contributed by atoms with E-state index in [2.05, 4.69) is 60.0 Å². The molecule has 2 aromatic carbocycles. The highest BCUT2D eigenvalue weighted by Gasteiger charge is 2.34. The average molecular weight is 407 g/mol. The Hall–Kier alpha value is -3.44. The summed E-state index contributed by atoms with van der Waals surface area (Å²) in [6.07, 6.45) is 13.8. The van der Waals surface area contributed by atoms with E-state index in [0.717, 1.165) is 25.0 Å². The van der Waals surface area contributed by atoms with Crippen LogP contribution in [-0.2, 0) is 13.0 Å². The van der Waals surface area contributed by atoms with Crippen LogP contribution in [0.15, 0.2) is 107 Å². The van der Waals surface area contributed by atoms with Crippen molar-refractivity contribution < 1.29 is 9.84 Å². The molecule has 154 valence electrons. The molecule has 3 aliphatic carbocycles. The summed E-state index contributed by atoms with van der Waals surface area (Å²) >= 11 is 0. The Kier molecular flexibility index (Phi) is 5.50. The first-order chi connectivity index (χ1) is 15.3. The van der Waals surface area contributed by atoms with Crippen molar-refractivity contribution in [2.75, 3.05) is 0 Å². The van der Waals surface area contributed by atoms with Crippen LogP contribution in [0.2, 0.25) is 0 Å². The van der Waals surface area contributed by atoms with Crippen molar-refractivity contribution in [1.29, 1.82) is 0 Å². The lowest BCUT2D eigenvalue weighted by Crippen LogP contribution is -2.24. The summed E-state index contributed by atoms with van der Waals surface area (Å²) in [7, 11) is 0. The summed E-state index contributed by atoms with van der Waals surface area (Å²) in [5.74, 6) is 2.07. The molecule has 0 saturated heterocycles. The fourth-order valence-corrected chi connectivity index (χ4v) is 4.90. The third kappa shape index (κ3) is 4.23. The SMILES string of the molecule is OC1=CC=C(C2c3ccc(OCc4ccccc4)cc3CCC2C2=C=C=CC=C2)CC1. The van der Waals surface area contributed by atoms with Crippen LogP contribution in [0.25, 0.3) is 0 Å². The van der Waals surface area contributed by atoms with E-state index in [0.29, 0.717) is 30.6 Å². The second-order valence-corrected chi connectivity index (χ2v) is 8.41. The molecular formula is C29H26O2. The smallest absolute Gasteiger partial charge is 0.120 e. The zero-order valence-electron chi connectivity index (χ0n) is 17.6. The van der Waals surface area contributed by atoms with Crippen molar-refractivity contribution >= 4 is 0 Å². The van der Waals surface area contributed by atoms with Crippen LogP contribution in [0.5, 0.6) is 5.75 Å². The molecule has 0 spiro atoms. The van der Waals surface area contributed by atoms with Crippen LogP contribution in [0, 0.1) is 5.92 Å². The molecule has 31 heavy (non-hydrogen) atoms. The third-order valence-electron chi connectivity index (χ3n) is 6.46. The molecular weight excluding hydrogens is 380 g/mol. The van der Waals surface area contributed by atoms with Gasteiger partial charge in [0.25, 0.3) is 0 Å². The highest BCUT2D eigenvalue weighted by atomic mass is 16.5. The maximum atomic E-state index is 9.88. The molecule has 3 aliphatic rings. The van der Waals surface area contributed by atoms with Crippen molar-refractivity contribution in [1.82, 2.24) is 0 Å². The molecule has 0 bridgehead atoms. The lowest BCUT2D eigenvalue weighted by Gasteiger charge is -2.36. The van der Waals surface area contributed by atoms with E-state index < -0.39 is 0 Å². The summed E-state index contributed by atoms with van der Waals surface area (Å²) in [4.78, 5) is 0. The molecule has 0 fully saturated rings. The van der Waals surface area contributed by atoms with Crippen molar-refractivity contribution in [2.45, 2.75) is 38.2 Å². The maximum absolute atomic E-state index is 9.88. The number of fused-ring (bicyclic) bond motifs is 1. The number of ether oxygens (including phenoxy) is 1. The number of aliphatic hydroxyl groups excluding tert-OH is 1. The normalized spacial score (nSPS) is 21.7. The molecule has 0 aliphatic heterocycles. The predicted octanol–water partition coefficient (Wildman–Crippen LogP) is 6.88. The third-order valence-corrected chi connectivity index (χ3v) is 6.46. The van der Waals surface area contributed by atoms with Gasteiger partial charge in [-0.15, -0.1) is 0 Å². The molecule has 0 heterocycles. The van der Waals surface area contributed by atoms with E-state index in [9.17, 15) is 5.11 Å². The van der Waals surface area contributed by atoms with Crippen LogP contribution < -0.4 is 4.74 Å². The van der Waals surface area contributed by atoms with Gasteiger partial charge in [-0.1, -0.05) is 65.6 Å². The molecule has 0 amide bonds. The van der Waals surface area contributed by atoms with Gasteiger partial charge in [-0.3, -0.25) is 0 Å². The van der Waals surface area contributed by atoms with Gasteiger partial charge in [0, 0.05) is 23.8 Å². The first-order valence-corrected chi connectivity index (χ1v) is 11.0. The monoisotopic (exact) mass is 406 g/mol. The van der Waals surface area contributed by atoms with Gasteiger partial charge in [0.2, 0.25) is 0 Å². The molecule has 2 unspecified atom stereocenters. The Balaban J connectivity index is 1.47. The predicted molar refractivity (Wildman–Crippen MR) is 124 cm³/mol. The lowest BCUT2D eigenvalue weighted by atomic mass is 9.67. The first-order valence-electron chi connectivity index (χ1n) is 11.0. The minimum absolute atomic E-state index is 0.295. The first kappa shape index (κ1) is 19.5. The molecule has 2 heteroatoms. The van der Waals surface area contributed by atoms with E-state index in [1.54, 1.807) is 0 Å². The zero-order chi connectivity index (χ0) is 21.0. The second kappa shape index (κ2) is 8.74. The van der Waals surface area contributed by atoms with E-state index >= 15 is 0 Å². The number of aryl methyl sites for hydroxylation is 1. The summed E-state index contributed by atoms with van der Waals surface area (Å²) in [6, 6.07) is 16.9. The summed E-state index contributed by atoms with van der Waals surface area (Å²) < 4.78 is 6.10. The average Bonchev–Trinajstić information content (AvgIpc) is 2.84. The van der Waals surface area contributed by atoms with Crippen molar-refractivity contribution in [3.8, 4) is 5.75 Å². The Morgan fingerprint density at radius 2 is 1.90 bits per heavy atom. The second-order valence-electron chi connectivity index (χ2n) is 8.41. The van der Waals surface area contributed by atoms with Gasteiger partial charge in [0.05, 0.1) is 5.76 Å². The number of aliphatic hydroxyl groups is 1. The van der Waals surface area contributed by atoms with E-state index in [1.807, 2.05) is 30.4 Å². The highest BCUT2D eigenvalue weighted by Crippen LogP contribution is 2.47. The zero-order valence-corrected chi connectivity index (χ0v) is 17.6. The topological polar surface area (TPSA) is 29.5 Å². The molecule has 2 atom stereocenters. The minimum atomic E-state index is 0.295. The minimum Gasteiger partial charge on any atom is -0.512 e. The summed E-state index contributed by atoms with van der Waals surface area (Å²) in [5, 5.41) is 9.88. The number of benzene rings is 2. The van der Waals surface area contributed by atoms with Gasteiger partial charge >= 0.3 is 0 Å². The van der Waals surface area contributed by atoms with Gasteiger partial charge in [0.1, 0.15) is 12.4 Å². The molecule has 1 N–H and O–H groups in total. The molecule has 2 nitrogen and oxygen atoms in total. The highest BCUT2D eigenvalue weighted by molar-refractivity contribution is 5.48. The number of allylic oxidation sites excluding steroid dienone is 8. The van der Waals surface area contributed by atoms with Gasteiger partial charge < -0.3 is 9.84 Å². The Morgan fingerprint density at radius 3 is 2.68 bits per heavy atom. The van der Waals surface area contributed by atoms with E-state index in [-0.39, 0.29) is 0 Å². The Labute approximate surface area is 183 Å². The molecule has 0 saturated carbocycles. The molecule has 2 aromatic rings. The largest absolute Gasteiger partial charge is 0.512 e. The Bertz CT molecular complexity index is 1170. The van der Waals surface area contributed by atoms with Gasteiger partial charge in [-0.25, -0.2) is 0 Å². The van der Waals surface area contributed by atoms with Crippen LogP contribution >= 0.6 is 0 Å². The molecule has 5 rings (SSSR count). The van der Waals surface area contributed by atoms with E-state index in [4.69, 9.17) is 4.74 Å².